The summed E-state index contributed by atoms with van der Waals surface area (Å²) >= 11 is 0. The van der Waals surface area contributed by atoms with Gasteiger partial charge in [-0.1, -0.05) is 6.92 Å². The molecule has 2 aromatic heterocycles. The maximum Gasteiger partial charge on any atom is 0.416 e. The van der Waals surface area contributed by atoms with Crippen molar-refractivity contribution in [2.75, 3.05) is 42.8 Å². The summed E-state index contributed by atoms with van der Waals surface area (Å²) in [7, 11) is 2.01. The Bertz CT molecular complexity index is 1190. The van der Waals surface area contributed by atoms with Gasteiger partial charge in [0, 0.05) is 37.2 Å². The third kappa shape index (κ3) is 5.01. The Morgan fingerprint density at radius 3 is 2.65 bits per heavy atom. The number of ether oxygens (including phenoxy) is 1. The monoisotopic (exact) mass is 474 g/mol. The molecule has 0 aliphatic carbocycles. The van der Waals surface area contributed by atoms with Gasteiger partial charge in [0.15, 0.2) is 5.82 Å². The lowest BCUT2D eigenvalue weighted by molar-refractivity contribution is -0.137. The molecule has 4 rings (SSSR count). The number of nitrogens with zero attached hydrogens (tertiary/aromatic N) is 4. The van der Waals surface area contributed by atoms with Gasteiger partial charge < -0.3 is 20.7 Å². The lowest BCUT2D eigenvalue weighted by Gasteiger charge is -2.25. The van der Waals surface area contributed by atoms with E-state index >= 15 is 0 Å². The van der Waals surface area contributed by atoms with Gasteiger partial charge in [0.05, 0.1) is 41.3 Å². The first kappa shape index (κ1) is 24.0. The highest BCUT2D eigenvalue weighted by atomic mass is 19.4. The van der Waals surface area contributed by atoms with Crippen molar-refractivity contribution in [3.8, 4) is 0 Å². The molecule has 182 valence electrons. The van der Waals surface area contributed by atoms with Crippen molar-refractivity contribution in [2.45, 2.75) is 33.0 Å². The average molecular weight is 475 g/mol. The van der Waals surface area contributed by atoms with Crippen molar-refractivity contribution in [3.05, 3.63) is 47.3 Å². The highest BCUT2D eigenvalue weighted by Crippen LogP contribution is 2.34. The first-order valence-corrected chi connectivity index (χ1v) is 11.2. The number of fused-ring (bicyclic) bond motifs is 1. The predicted octanol–water partition coefficient (Wildman–Crippen LogP) is 4.83. The zero-order chi connectivity index (χ0) is 24.6. The van der Waals surface area contributed by atoms with E-state index in [1.165, 1.54) is 6.07 Å². The quantitative estimate of drug-likeness (QED) is 0.495. The fourth-order valence-corrected chi connectivity index (χ4v) is 4.24. The van der Waals surface area contributed by atoms with Gasteiger partial charge in [-0.3, -0.25) is 4.98 Å². The lowest BCUT2D eigenvalue weighted by atomic mass is 9.97. The lowest BCUT2D eigenvalue weighted by Crippen LogP contribution is -2.28. The number of pyridine rings is 1. The molecule has 10 heteroatoms. The Kier molecular flexibility index (Phi) is 6.53. The fraction of sp³-hybridized carbons (Fsp3) is 0.458. The largest absolute Gasteiger partial charge is 0.416 e. The molecule has 0 bridgehead atoms. The molecular weight excluding hydrogens is 445 g/mol. The van der Waals surface area contributed by atoms with Crippen LogP contribution in [0.4, 0.5) is 30.4 Å². The number of halogens is 3. The number of aromatic nitrogens is 3. The summed E-state index contributed by atoms with van der Waals surface area (Å²) < 4.78 is 45.4. The van der Waals surface area contributed by atoms with Crippen LogP contribution in [0.3, 0.4) is 0 Å². The van der Waals surface area contributed by atoms with Crippen LogP contribution in [0.25, 0.3) is 10.9 Å². The number of anilines is 3. The van der Waals surface area contributed by atoms with Crippen LogP contribution in [0.1, 0.15) is 36.7 Å². The van der Waals surface area contributed by atoms with E-state index in [0.29, 0.717) is 34.4 Å². The van der Waals surface area contributed by atoms with Crippen LogP contribution in [0.5, 0.6) is 0 Å². The van der Waals surface area contributed by atoms with Gasteiger partial charge in [-0.05, 0) is 49.6 Å². The first-order valence-electron chi connectivity index (χ1n) is 11.2. The first-order chi connectivity index (χ1) is 16.0. The number of benzene rings is 1. The molecule has 1 aliphatic rings. The van der Waals surface area contributed by atoms with Gasteiger partial charge in [0.1, 0.15) is 0 Å². The van der Waals surface area contributed by atoms with Crippen molar-refractivity contribution in [1.29, 1.82) is 0 Å². The normalized spacial score (nSPS) is 19.4. The van der Waals surface area contributed by atoms with Gasteiger partial charge in [0.2, 0.25) is 0 Å². The van der Waals surface area contributed by atoms with Gasteiger partial charge in [0.25, 0.3) is 0 Å². The van der Waals surface area contributed by atoms with Crippen molar-refractivity contribution in [1.82, 2.24) is 15.2 Å². The van der Waals surface area contributed by atoms with E-state index in [0.717, 1.165) is 43.0 Å². The second kappa shape index (κ2) is 9.25. The van der Waals surface area contributed by atoms with E-state index < -0.39 is 17.8 Å². The molecule has 0 saturated carbocycles. The third-order valence-corrected chi connectivity index (χ3v) is 6.40. The molecule has 34 heavy (non-hydrogen) atoms. The molecule has 1 aromatic carbocycles. The third-order valence-electron chi connectivity index (χ3n) is 6.40. The summed E-state index contributed by atoms with van der Waals surface area (Å²) in [5, 5.41) is 12.4. The molecule has 3 N–H and O–H groups in total. The smallest absolute Gasteiger partial charge is 0.399 e. The van der Waals surface area contributed by atoms with Crippen LogP contribution < -0.4 is 16.0 Å². The Balaban J connectivity index is 1.64. The summed E-state index contributed by atoms with van der Waals surface area (Å²) in [5.41, 5.74) is 7.68. The second-order valence-electron chi connectivity index (χ2n) is 9.13. The van der Waals surface area contributed by atoms with E-state index in [1.54, 1.807) is 13.1 Å². The summed E-state index contributed by atoms with van der Waals surface area (Å²) in [6.45, 7) is 8.11. The molecule has 3 aromatic rings. The number of hydrogen-bond donors (Lipinski definition) is 2. The Morgan fingerprint density at radius 1 is 1.21 bits per heavy atom. The summed E-state index contributed by atoms with van der Waals surface area (Å²) in [6, 6.07) is 5.04. The number of aryl methyl sites for hydroxylation is 1. The van der Waals surface area contributed by atoms with Crippen LogP contribution in [-0.4, -0.2) is 42.0 Å². The number of nitrogens with two attached hydrogens (primary N) is 1. The highest BCUT2D eigenvalue weighted by molar-refractivity contribution is 5.92. The molecule has 3 atom stereocenters. The molecule has 1 fully saturated rings. The fourth-order valence-electron chi connectivity index (χ4n) is 4.24. The van der Waals surface area contributed by atoms with E-state index in [1.807, 2.05) is 20.0 Å². The van der Waals surface area contributed by atoms with E-state index in [9.17, 15) is 13.2 Å². The maximum absolute atomic E-state index is 13.3. The Morgan fingerprint density at radius 2 is 1.97 bits per heavy atom. The van der Waals surface area contributed by atoms with Crippen LogP contribution in [-0.2, 0) is 10.9 Å². The standard InChI is InChI=1S/C24H29F3N6O/c1-13-11-34-12-17(13)10-33(4)20-8-21-22(29-9-20)15(3)31-32-23(21)30-14(2)16-5-18(24(25,26)27)7-19(28)6-16/h5-9,13-14,17H,10-12,28H2,1-4H3,(H,30,32)/t13-,14+,17+/m0/s1. The minimum absolute atomic E-state index is 0.0500. The van der Waals surface area contributed by atoms with Gasteiger partial charge >= 0.3 is 6.18 Å². The van der Waals surface area contributed by atoms with Crippen molar-refractivity contribution < 1.29 is 17.9 Å². The average Bonchev–Trinajstić information content (AvgIpc) is 3.18. The summed E-state index contributed by atoms with van der Waals surface area (Å²) in [5.74, 6) is 1.37. The molecule has 0 spiro atoms. The number of alkyl halides is 3. The molecule has 0 radical (unpaired) electrons. The topological polar surface area (TPSA) is 89.2 Å². The number of rotatable bonds is 6. The second-order valence-corrected chi connectivity index (χ2v) is 9.13. The molecule has 7 nitrogen and oxygen atoms in total. The molecular formula is C24H29F3N6O. The summed E-state index contributed by atoms with van der Waals surface area (Å²) in [4.78, 5) is 6.75. The predicted molar refractivity (Wildman–Crippen MR) is 127 cm³/mol. The van der Waals surface area contributed by atoms with E-state index in [2.05, 4.69) is 32.3 Å². The molecule has 0 unspecified atom stereocenters. The molecule has 1 aliphatic heterocycles. The maximum atomic E-state index is 13.3. The molecule has 0 amide bonds. The van der Waals surface area contributed by atoms with Crippen molar-refractivity contribution in [3.63, 3.8) is 0 Å². The molecule has 3 heterocycles. The SMILES string of the molecule is Cc1nnc(N[C@H](C)c2cc(N)cc(C(F)(F)F)c2)c2cc(N(C)C[C@@H]3COC[C@@H]3C)cnc12. The summed E-state index contributed by atoms with van der Waals surface area (Å²) in [6.07, 6.45) is -2.68. The minimum Gasteiger partial charge on any atom is -0.399 e. The van der Waals surface area contributed by atoms with Crippen LogP contribution in [0.15, 0.2) is 30.5 Å². The van der Waals surface area contributed by atoms with Crippen LogP contribution >= 0.6 is 0 Å². The van der Waals surface area contributed by atoms with Crippen molar-refractivity contribution in [2.24, 2.45) is 11.8 Å². The van der Waals surface area contributed by atoms with Gasteiger partial charge in [-0.25, -0.2) is 0 Å². The highest BCUT2D eigenvalue weighted by Gasteiger charge is 2.31. The zero-order valence-corrected chi connectivity index (χ0v) is 19.6. The van der Waals surface area contributed by atoms with Gasteiger partial charge in [-0.2, -0.15) is 18.3 Å². The van der Waals surface area contributed by atoms with E-state index in [4.69, 9.17) is 10.5 Å². The van der Waals surface area contributed by atoms with E-state index in [-0.39, 0.29) is 5.69 Å². The van der Waals surface area contributed by atoms with Crippen LogP contribution in [0, 0.1) is 18.8 Å². The van der Waals surface area contributed by atoms with Crippen LogP contribution in [0.2, 0.25) is 0 Å². The molecule has 1 saturated heterocycles. The Labute approximate surface area is 196 Å². The zero-order valence-electron chi connectivity index (χ0n) is 19.6. The number of nitrogen functional groups attached to an aromatic ring is 1. The van der Waals surface area contributed by atoms with Gasteiger partial charge in [-0.15, -0.1) is 5.10 Å². The Hall–Kier alpha value is -3.14. The number of nitrogens with one attached hydrogen (secondary N) is 1. The minimum atomic E-state index is -4.48. The number of hydrogen-bond acceptors (Lipinski definition) is 7. The van der Waals surface area contributed by atoms with Crippen molar-refractivity contribution >= 4 is 28.1 Å².